The van der Waals surface area contributed by atoms with E-state index in [-0.39, 0.29) is 30.5 Å². The number of aliphatic carboxylic acids is 1. The van der Waals surface area contributed by atoms with Crippen molar-refractivity contribution in [1.82, 2.24) is 9.78 Å². The number of halogens is 1. The number of hydrogen-bond donors (Lipinski definition) is 3. The Balaban J connectivity index is 2.32. The predicted molar refractivity (Wildman–Crippen MR) is 109 cm³/mol. The molecule has 29 heavy (non-hydrogen) atoms. The van der Waals surface area contributed by atoms with Gasteiger partial charge in [-0.2, -0.15) is 5.10 Å². The monoisotopic (exact) mass is 406 g/mol. The van der Waals surface area contributed by atoms with E-state index in [1.165, 1.54) is 12.1 Å². The van der Waals surface area contributed by atoms with Crippen LogP contribution in [0, 0.1) is 5.82 Å². The molecule has 0 aliphatic heterocycles. The summed E-state index contributed by atoms with van der Waals surface area (Å²) in [4.78, 5) is 10.7. The number of benzene rings is 1. The van der Waals surface area contributed by atoms with Crippen LogP contribution in [0.2, 0.25) is 0 Å². The maximum atomic E-state index is 13.4. The molecule has 3 N–H and O–H groups in total. The quantitative estimate of drug-likeness (QED) is 0.558. The first-order valence-corrected chi connectivity index (χ1v) is 10.1. The zero-order valence-electron chi connectivity index (χ0n) is 17.5. The summed E-state index contributed by atoms with van der Waals surface area (Å²) >= 11 is 0. The van der Waals surface area contributed by atoms with Crippen molar-refractivity contribution in [2.45, 2.75) is 77.4 Å². The summed E-state index contributed by atoms with van der Waals surface area (Å²) in [5, 5.41) is 33.6. The Labute approximate surface area is 171 Å². The molecule has 0 bridgehead atoms. The van der Waals surface area contributed by atoms with Crippen LogP contribution in [0.3, 0.4) is 0 Å². The van der Waals surface area contributed by atoms with Gasteiger partial charge in [0, 0.05) is 5.69 Å². The Hall–Kier alpha value is -2.25. The van der Waals surface area contributed by atoms with Gasteiger partial charge in [-0.1, -0.05) is 27.7 Å². The number of carboxylic acids is 1. The summed E-state index contributed by atoms with van der Waals surface area (Å²) < 4.78 is 15.2. The molecule has 0 aliphatic carbocycles. The Bertz CT molecular complexity index is 815. The van der Waals surface area contributed by atoms with E-state index in [0.717, 1.165) is 22.6 Å². The lowest BCUT2D eigenvalue weighted by molar-refractivity contribution is -0.139. The van der Waals surface area contributed by atoms with Gasteiger partial charge < -0.3 is 15.3 Å². The molecule has 0 amide bonds. The summed E-state index contributed by atoms with van der Waals surface area (Å²) in [6, 6.07) is 6.13. The van der Waals surface area contributed by atoms with E-state index in [9.17, 15) is 19.4 Å². The molecule has 6 nitrogen and oxygen atoms in total. The van der Waals surface area contributed by atoms with Gasteiger partial charge >= 0.3 is 5.97 Å². The van der Waals surface area contributed by atoms with Crippen molar-refractivity contribution in [3.8, 4) is 5.69 Å². The minimum atomic E-state index is -1.09. The molecule has 0 fully saturated rings. The molecular weight excluding hydrogens is 375 g/mol. The van der Waals surface area contributed by atoms with Gasteiger partial charge in [-0.25, -0.2) is 9.07 Å². The molecule has 2 rings (SSSR count). The summed E-state index contributed by atoms with van der Waals surface area (Å²) in [7, 11) is 0. The first-order chi connectivity index (χ1) is 13.6. The number of hydrogen-bond acceptors (Lipinski definition) is 4. The number of nitrogens with zero attached hydrogens (tertiary/aromatic N) is 2. The standard InChI is InChI=1S/C22H31FN2O4/c1-13(2)21-19(10-9-17(26)11-18(27)12-20(28)29)25(24-22(21)14(3)4)16-7-5-15(23)6-8-16/h5-8,13-14,17-18,26-27H,9-12H2,1-4H3,(H,28,29)/t17-,18-/m1/s1. The van der Waals surface area contributed by atoms with Gasteiger partial charge in [0.05, 0.1) is 30.0 Å². The summed E-state index contributed by atoms with van der Waals surface area (Å²) in [6.07, 6.45) is -1.43. The normalized spacial score (nSPS) is 13.8. The Morgan fingerprint density at radius 3 is 2.21 bits per heavy atom. The van der Waals surface area contributed by atoms with Crippen molar-refractivity contribution in [2.24, 2.45) is 0 Å². The van der Waals surface area contributed by atoms with Gasteiger partial charge in [-0.05, 0) is 60.9 Å². The molecule has 1 aromatic carbocycles. The third-order valence-electron chi connectivity index (χ3n) is 4.91. The molecule has 160 valence electrons. The van der Waals surface area contributed by atoms with Gasteiger partial charge in [-0.15, -0.1) is 0 Å². The highest BCUT2D eigenvalue weighted by atomic mass is 19.1. The zero-order chi connectivity index (χ0) is 21.7. The van der Waals surface area contributed by atoms with Gasteiger partial charge in [0.2, 0.25) is 0 Å². The number of aliphatic hydroxyl groups is 2. The second kappa shape index (κ2) is 9.98. The Morgan fingerprint density at radius 1 is 1.07 bits per heavy atom. The maximum absolute atomic E-state index is 13.4. The predicted octanol–water partition coefficient (Wildman–Crippen LogP) is 3.78. The van der Waals surface area contributed by atoms with Gasteiger partial charge in [-0.3, -0.25) is 4.79 Å². The van der Waals surface area contributed by atoms with E-state index >= 15 is 0 Å². The number of carboxylic acid groups (broad SMARTS) is 1. The van der Waals surface area contributed by atoms with Crippen LogP contribution < -0.4 is 0 Å². The molecule has 0 saturated carbocycles. The van der Waals surface area contributed by atoms with Crippen LogP contribution in [0.1, 0.15) is 75.7 Å². The summed E-state index contributed by atoms with van der Waals surface area (Å²) in [5.74, 6) is -0.997. The number of rotatable bonds is 10. The van der Waals surface area contributed by atoms with Crippen molar-refractivity contribution in [1.29, 1.82) is 0 Å². The fourth-order valence-corrected chi connectivity index (χ4v) is 3.60. The summed E-state index contributed by atoms with van der Waals surface area (Å²) in [5.41, 5.74) is 3.78. The fraction of sp³-hybridized carbons (Fsp3) is 0.545. The van der Waals surface area contributed by atoms with Crippen LogP contribution >= 0.6 is 0 Å². The van der Waals surface area contributed by atoms with Gasteiger partial charge in [0.15, 0.2) is 0 Å². The third kappa shape index (κ3) is 6.11. The fourth-order valence-electron chi connectivity index (χ4n) is 3.60. The zero-order valence-corrected chi connectivity index (χ0v) is 17.5. The van der Waals surface area contributed by atoms with E-state index in [4.69, 9.17) is 10.2 Å². The third-order valence-corrected chi connectivity index (χ3v) is 4.91. The van der Waals surface area contributed by atoms with Crippen LogP contribution in [0.15, 0.2) is 24.3 Å². The number of aliphatic hydroxyl groups excluding tert-OH is 2. The first kappa shape index (κ1) is 23.0. The SMILES string of the molecule is CC(C)c1nn(-c2ccc(F)cc2)c(CC[C@@H](O)C[C@@H](O)CC(=O)O)c1C(C)C. The van der Waals surface area contributed by atoms with Crippen LogP contribution in [0.25, 0.3) is 5.69 Å². The molecule has 1 heterocycles. The minimum absolute atomic E-state index is 0.00500. The Kier molecular flexibility index (Phi) is 7.93. The molecule has 7 heteroatoms. The van der Waals surface area contributed by atoms with Gasteiger partial charge in [0.1, 0.15) is 5.82 Å². The molecule has 2 aromatic rings. The molecule has 0 radical (unpaired) electrons. The van der Waals surface area contributed by atoms with E-state index in [1.807, 2.05) is 4.68 Å². The van der Waals surface area contributed by atoms with Crippen LogP contribution in [0.5, 0.6) is 0 Å². The topological polar surface area (TPSA) is 95.6 Å². The second-order valence-corrected chi connectivity index (χ2v) is 8.12. The lowest BCUT2D eigenvalue weighted by Gasteiger charge is -2.17. The smallest absolute Gasteiger partial charge is 0.305 e. The highest BCUT2D eigenvalue weighted by Crippen LogP contribution is 2.32. The van der Waals surface area contributed by atoms with Crippen molar-refractivity contribution in [3.63, 3.8) is 0 Å². The average Bonchev–Trinajstić information content (AvgIpc) is 2.99. The molecule has 0 aliphatic rings. The summed E-state index contributed by atoms with van der Waals surface area (Å²) in [6.45, 7) is 8.33. The van der Waals surface area contributed by atoms with Crippen molar-refractivity contribution < 1.29 is 24.5 Å². The van der Waals surface area contributed by atoms with Crippen molar-refractivity contribution in [2.75, 3.05) is 0 Å². The highest BCUT2D eigenvalue weighted by Gasteiger charge is 2.24. The number of carbonyl (C=O) groups is 1. The highest BCUT2D eigenvalue weighted by molar-refractivity contribution is 5.67. The molecule has 2 atom stereocenters. The van der Waals surface area contributed by atoms with Gasteiger partial charge in [0.25, 0.3) is 0 Å². The molecule has 0 spiro atoms. The lowest BCUT2D eigenvalue weighted by atomic mass is 9.92. The van der Waals surface area contributed by atoms with E-state index in [2.05, 4.69) is 27.7 Å². The Morgan fingerprint density at radius 2 is 1.69 bits per heavy atom. The average molecular weight is 406 g/mol. The van der Waals surface area contributed by atoms with Crippen molar-refractivity contribution >= 4 is 5.97 Å². The van der Waals surface area contributed by atoms with Crippen LogP contribution in [-0.2, 0) is 11.2 Å². The molecule has 0 unspecified atom stereocenters. The van der Waals surface area contributed by atoms with E-state index in [0.29, 0.717) is 12.8 Å². The van der Waals surface area contributed by atoms with E-state index < -0.39 is 18.2 Å². The largest absolute Gasteiger partial charge is 0.481 e. The molecular formula is C22H31FN2O4. The molecule has 0 saturated heterocycles. The minimum Gasteiger partial charge on any atom is -0.481 e. The van der Waals surface area contributed by atoms with Crippen LogP contribution in [-0.4, -0.2) is 43.3 Å². The van der Waals surface area contributed by atoms with E-state index in [1.54, 1.807) is 12.1 Å². The molecule has 1 aromatic heterocycles. The number of aromatic nitrogens is 2. The first-order valence-electron chi connectivity index (χ1n) is 10.1. The lowest BCUT2D eigenvalue weighted by Crippen LogP contribution is -2.21. The second-order valence-electron chi connectivity index (χ2n) is 8.12. The maximum Gasteiger partial charge on any atom is 0.305 e. The van der Waals surface area contributed by atoms with Crippen molar-refractivity contribution in [3.05, 3.63) is 47.0 Å². The van der Waals surface area contributed by atoms with Crippen LogP contribution in [0.4, 0.5) is 4.39 Å².